The Kier molecular flexibility index (Phi) is 3.75. The minimum Gasteiger partial charge on any atom is -0.297 e. The first kappa shape index (κ1) is 14.0. The number of nitrogens with zero attached hydrogens (tertiary/aromatic N) is 3. The van der Waals surface area contributed by atoms with E-state index in [4.69, 9.17) is 0 Å². The number of aromatic nitrogens is 2. The second kappa shape index (κ2) is 5.88. The molecule has 2 fully saturated rings. The zero-order valence-corrected chi connectivity index (χ0v) is 13.4. The van der Waals surface area contributed by atoms with Crippen molar-refractivity contribution in [3.63, 3.8) is 0 Å². The third kappa shape index (κ3) is 2.95. The van der Waals surface area contributed by atoms with E-state index in [0.29, 0.717) is 6.04 Å². The molecule has 116 valence electrons. The number of hydrogen-bond donors (Lipinski definition) is 0. The highest BCUT2D eigenvalue weighted by Crippen LogP contribution is 2.31. The van der Waals surface area contributed by atoms with Gasteiger partial charge in [-0.25, -0.2) is 0 Å². The molecule has 0 bridgehead atoms. The molecule has 3 nitrogen and oxygen atoms in total. The van der Waals surface area contributed by atoms with E-state index in [-0.39, 0.29) is 0 Å². The summed E-state index contributed by atoms with van der Waals surface area (Å²) < 4.78 is 2.11. The van der Waals surface area contributed by atoms with Gasteiger partial charge in [0.15, 0.2) is 0 Å². The minimum atomic E-state index is 0.518. The molecule has 1 atom stereocenters. The van der Waals surface area contributed by atoms with E-state index in [2.05, 4.69) is 52.1 Å². The Labute approximate surface area is 132 Å². The van der Waals surface area contributed by atoms with Crippen LogP contribution in [0.25, 0.3) is 11.1 Å². The molecule has 0 unspecified atom stereocenters. The number of rotatable bonds is 5. The van der Waals surface area contributed by atoms with Crippen molar-refractivity contribution in [2.75, 3.05) is 13.1 Å². The lowest BCUT2D eigenvalue weighted by atomic mass is 10.0. The molecular weight excluding hydrogens is 270 g/mol. The fourth-order valence-corrected chi connectivity index (χ4v) is 3.50. The summed E-state index contributed by atoms with van der Waals surface area (Å²) in [6.45, 7) is 5.90. The highest BCUT2D eigenvalue weighted by Gasteiger charge is 2.22. The van der Waals surface area contributed by atoms with E-state index in [1.54, 1.807) is 0 Å². The maximum Gasteiger partial charge on any atom is 0.0568 e. The van der Waals surface area contributed by atoms with Crippen LogP contribution in [0.5, 0.6) is 0 Å². The SMILES string of the molecule is C[C@@H](c1cccc(-c2cnn(CC3CC3)c2)c1)N1CCCC1. The Morgan fingerprint density at radius 3 is 2.77 bits per heavy atom. The molecule has 0 radical (unpaired) electrons. The van der Waals surface area contributed by atoms with Crippen LogP contribution in [0.3, 0.4) is 0 Å². The normalized spacial score (nSPS) is 20.4. The van der Waals surface area contributed by atoms with Gasteiger partial charge in [0.25, 0.3) is 0 Å². The Morgan fingerprint density at radius 2 is 2.00 bits per heavy atom. The molecule has 1 saturated heterocycles. The van der Waals surface area contributed by atoms with E-state index >= 15 is 0 Å². The second-order valence-electron chi connectivity index (χ2n) is 6.94. The van der Waals surface area contributed by atoms with Crippen molar-refractivity contribution in [2.45, 2.75) is 45.2 Å². The zero-order chi connectivity index (χ0) is 14.9. The molecule has 0 spiro atoms. The monoisotopic (exact) mass is 295 g/mol. The molecule has 1 aliphatic heterocycles. The average Bonchev–Trinajstić information content (AvgIpc) is 3.04. The van der Waals surface area contributed by atoms with E-state index in [9.17, 15) is 0 Å². The van der Waals surface area contributed by atoms with Crippen molar-refractivity contribution < 1.29 is 0 Å². The van der Waals surface area contributed by atoms with Crippen LogP contribution in [0.1, 0.15) is 44.2 Å². The lowest BCUT2D eigenvalue weighted by molar-refractivity contribution is 0.263. The Morgan fingerprint density at radius 1 is 1.18 bits per heavy atom. The summed E-state index contributed by atoms with van der Waals surface area (Å²) in [6.07, 6.45) is 9.66. The quantitative estimate of drug-likeness (QED) is 0.827. The zero-order valence-electron chi connectivity index (χ0n) is 13.4. The van der Waals surface area contributed by atoms with Crippen LogP contribution in [0.4, 0.5) is 0 Å². The first-order valence-electron chi connectivity index (χ1n) is 8.66. The minimum absolute atomic E-state index is 0.518. The smallest absolute Gasteiger partial charge is 0.0568 e. The van der Waals surface area contributed by atoms with Crippen LogP contribution < -0.4 is 0 Å². The standard InChI is InChI=1S/C19H25N3/c1-15(21-9-2-3-10-21)17-5-4-6-18(11-17)19-12-20-22(14-19)13-16-7-8-16/h4-6,11-12,14-16H,2-3,7-10,13H2,1H3/t15-/m0/s1. The van der Waals surface area contributed by atoms with E-state index in [0.717, 1.165) is 12.5 Å². The summed E-state index contributed by atoms with van der Waals surface area (Å²) in [7, 11) is 0. The van der Waals surface area contributed by atoms with Gasteiger partial charge in [-0.2, -0.15) is 5.10 Å². The number of likely N-dealkylation sites (tertiary alicyclic amines) is 1. The van der Waals surface area contributed by atoms with Crippen molar-refractivity contribution >= 4 is 0 Å². The van der Waals surface area contributed by atoms with Gasteiger partial charge < -0.3 is 0 Å². The van der Waals surface area contributed by atoms with Gasteiger partial charge in [-0.15, -0.1) is 0 Å². The molecule has 1 saturated carbocycles. The van der Waals surface area contributed by atoms with Crippen LogP contribution in [0, 0.1) is 5.92 Å². The largest absolute Gasteiger partial charge is 0.297 e. The van der Waals surface area contributed by atoms with Gasteiger partial charge in [-0.1, -0.05) is 18.2 Å². The van der Waals surface area contributed by atoms with Crippen molar-refractivity contribution in [1.29, 1.82) is 0 Å². The van der Waals surface area contributed by atoms with Crippen LogP contribution in [-0.4, -0.2) is 27.8 Å². The summed E-state index contributed by atoms with van der Waals surface area (Å²) >= 11 is 0. The highest BCUT2D eigenvalue weighted by atomic mass is 15.3. The molecule has 2 aromatic rings. The summed E-state index contributed by atoms with van der Waals surface area (Å²) in [6, 6.07) is 9.53. The second-order valence-corrected chi connectivity index (χ2v) is 6.94. The molecule has 2 aliphatic rings. The van der Waals surface area contributed by atoms with Crippen molar-refractivity contribution in [2.24, 2.45) is 5.92 Å². The van der Waals surface area contributed by atoms with Crippen LogP contribution in [0.15, 0.2) is 36.7 Å². The summed E-state index contributed by atoms with van der Waals surface area (Å²) in [5.41, 5.74) is 3.97. The van der Waals surface area contributed by atoms with Gasteiger partial charge in [0.05, 0.1) is 6.20 Å². The van der Waals surface area contributed by atoms with Gasteiger partial charge in [-0.3, -0.25) is 9.58 Å². The first-order valence-corrected chi connectivity index (χ1v) is 8.66. The molecule has 2 heterocycles. The lowest BCUT2D eigenvalue weighted by Crippen LogP contribution is -2.23. The Hall–Kier alpha value is -1.61. The molecule has 1 aliphatic carbocycles. The predicted octanol–water partition coefficient (Wildman–Crippen LogP) is 4.12. The molecule has 1 aromatic heterocycles. The summed E-state index contributed by atoms with van der Waals surface area (Å²) in [5.74, 6) is 0.870. The lowest BCUT2D eigenvalue weighted by Gasteiger charge is -2.24. The number of hydrogen-bond acceptors (Lipinski definition) is 2. The van der Waals surface area contributed by atoms with Crippen molar-refractivity contribution in [1.82, 2.24) is 14.7 Å². The first-order chi connectivity index (χ1) is 10.8. The van der Waals surface area contributed by atoms with E-state index in [1.165, 1.54) is 55.5 Å². The average molecular weight is 295 g/mol. The maximum absolute atomic E-state index is 4.53. The van der Waals surface area contributed by atoms with Crippen LogP contribution in [0.2, 0.25) is 0 Å². The van der Waals surface area contributed by atoms with E-state index in [1.807, 2.05) is 6.20 Å². The molecule has 1 aromatic carbocycles. The van der Waals surface area contributed by atoms with Crippen molar-refractivity contribution in [3.8, 4) is 11.1 Å². The summed E-state index contributed by atoms with van der Waals surface area (Å²) in [5, 5.41) is 4.53. The Bertz CT molecular complexity index is 636. The maximum atomic E-state index is 4.53. The Balaban J connectivity index is 1.53. The van der Waals surface area contributed by atoms with Crippen LogP contribution >= 0.6 is 0 Å². The summed E-state index contributed by atoms with van der Waals surface area (Å²) in [4.78, 5) is 2.59. The fraction of sp³-hybridized carbons (Fsp3) is 0.526. The predicted molar refractivity (Wildman–Crippen MR) is 89.6 cm³/mol. The number of benzene rings is 1. The molecule has 4 rings (SSSR count). The third-order valence-electron chi connectivity index (χ3n) is 5.17. The highest BCUT2D eigenvalue weighted by molar-refractivity contribution is 5.62. The molecule has 22 heavy (non-hydrogen) atoms. The van der Waals surface area contributed by atoms with E-state index < -0.39 is 0 Å². The topological polar surface area (TPSA) is 21.1 Å². The van der Waals surface area contributed by atoms with Crippen LogP contribution in [-0.2, 0) is 6.54 Å². The fourth-order valence-electron chi connectivity index (χ4n) is 3.50. The third-order valence-corrected chi connectivity index (χ3v) is 5.17. The van der Waals surface area contributed by atoms with Gasteiger partial charge in [0.2, 0.25) is 0 Å². The van der Waals surface area contributed by atoms with Crippen molar-refractivity contribution in [3.05, 3.63) is 42.2 Å². The molecule has 3 heteroatoms. The molecule has 0 amide bonds. The molecular formula is C19H25N3. The van der Waals surface area contributed by atoms with Gasteiger partial charge in [0.1, 0.15) is 0 Å². The molecule has 0 N–H and O–H groups in total. The van der Waals surface area contributed by atoms with Gasteiger partial charge in [-0.05, 0) is 68.8 Å². The van der Waals surface area contributed by atoms with Gasteiger partial charge in [0, 0.05) is 24.3 Å². The van der Waals surface area contributed by atoms with Gasteiger partial charge >= 0.3 is 0 Å².